The number of rotatable bonds is 11. The van der Waals surface area contributed by atoms with E-state index in [-0.39, 0.29) is 42.2 Å². The fourth-order valence-electron chi connectivity index (χ4n) is 4.39. The molecule has 1 heterocycles. The average Bonchev–Trinajstić information content (AvgIpc) is 3.00. The Balaban J connectivity index is 0.00000442. The van der Waals surface area contributed by atoms with E-state index < -0.39 is 10.0 Å². The maximum Gasteiger partial charge on any atom is 0.263 e. The Labute approximate surface area is 256 Å². The second-order valence-corrected chi connectivity index (χ2v) is 11.2. The van der Waals surface area contributed by atoms with Crippen LogP contribution in [0.15, 0.2) is 102 Å². The quantitative estimate of drug-likeness (QED) is 0.141. The summed E-state index contributed by atoms with van der Waals surface area (Å²) in [6, 6.07) is 27.0. The van der Waals surface area contributed by atoms with Crippen LogP contribution in [0.1, 0.15) is 14.4 Å². The monoisotopic (exact) mass is 614 g/mol. The highest BCUT2D eigenvalue weighted by atomic mass is 32.2. The molecule has 44 heavy (non-hydrogen) atoms. The molecule has 4 N–H and O–H groups in total. The van der Waals surface area contributed by atoms with E-state index in [4.69, 9.17) is 4.74 Å². The van der Waals surface area contributed by atoms with Crippen molar-refractivity contribution in [2.45, 2.75) is 19.2 Å². The van der Waals surface area contributed by atoms with Crippen LogP contribution in [0.4, 0.5) is 28.7 Å². The number of phenols is 1. The number of phenolic OH excluding ortho intramolecular Hbond substituents is 1. The number of hydrogen-bond acceptors (Lipinski definition) is 9. The van der Waals surface area contributed by atoms with Crippen molar-refractivity contribution < 1.29 is 23.1 Å². The van der Waals surface area contributed by atoms with Gasteiger partial charge in [0.05, 0.1) is 29.6 Å². The largest absolute Gasteiger partial charge is 0.508 e. The van der Waals surface area contributed by atoms with Gasteiger partial charge >= 0.3 is 0 Å². The predicted molar refractivity (Wildman–Crippen MR) is 174 cm³/mol. The van der Waals surface area contributed by atoms with Crippen molar-refractivity contribution in [3.63, 3.8) is 0 Å². The molecular formula is C32H34N6O5S. The lowest BCUT2D eigenvalue weighted by atomic mass is 10.2. The molecule has 1 aromatic heterocycles. The van der Waals surface area contributed by atoms with E-state index in [1.807, 2.05) is 42.2 Å². The van der Waals surface area contributed by atoms with Crippen LogP contribution in [0, 0.1) is 0 Å². The molecule has 4 aromatic carbocycles. The lowest BCUT2D eigenvalue weighted by molar-refractivity contribution is -0.115. The maximum absolute atomic E-state index is 13.6. The fourth-order valence-corrected chi connectivity index (χ4v) is 5.45. The number of nitrogens with zero attached hydrogens (tertiary/aromatic N) is 3. The Morgan fingerprint density at radius 3 is 2.23 bits per heavy atom. The Morgan fingerprint density at radius 2 is 1.55 bits per heavy atom. The first-order chi connectivity index (χ1) is 20.7. The molecule has 0 aliphatic heterocycles. The zero-order chi connectivity index (χ0) is 30.4. The van der Waals surface area contributed by atoms with E-state index in [2.05, 4.69) is 25.3 Å². The predicted octanol–water partition coefficient (Wildman–Crippen LogP) is 5.99. The summed E-state index contributed by atoms with van der Waals surface area (Å²) in [5, 5.41) is 15.9. The van der Waals surface area contributed by atoms with Crippen LogP contribution in [-0.4, -0.2) is 49.6 Å². The van der Waals surface area contributed by atoms with Crippen LogP contribution in [0.3, 0.4) is 0 Å². The first-order valence-electron chi connectivity index (χ1n) is 13.4. The fraction of sp³-hybridized carbons (Fsp3) is 0.156. The normalized spacial score (nSPS) is 10.9. The third-order valence-corrected chi connectivity index (χ3v) is 7.79. The number of likely N-dealkylation sites (N-methyl/N-ethyl adjacent to an activating group) is 1. The summed E-state index contributed by atoms with van der Waals surface area (Å²) in [7, 11) is -2.71. The molecule has 0 atom stereocenters. The van der Waals surface area contributed by atoms with Crippen molar-refractivity contribution in [1.82, 2.24) is 9.97 Å². The van der Waals surface area contributed by atoms with Crippen molar-refractivity contribution in [3.8, 4) is 11.5 Å². The minimum absolute atomic E-state index is 0. The standard InChI is InChI=1S/C31H30N6O5S.CH4/c1-3-37(23-11-5-4-6-12-23)20-29(39)32-21-10-9-13-26(18-21)43(40,41)36-31-30(34-27-14-7-8-15-28(27)35-31)33-22-16-24(38)19-25(17-22)42-2;/h4-19,38H,3,20H2,1-2H3,(H,32,39)(H,33,34)(H,35,36);1H4. The SMILES string of the molecule is C.CCN(CC(=O)Nc1cccc(S(=O)(=O)Nc2nc3ccccc3nc2Nc2cc(O)cc(OC)c2)c1)c1ccccc1. The number of sulfonamides is 1. The summed E-state index contributed by atoms with van der Waals surface area (Å²) in [5.74, 6) is 0.101. The maximum atomic E-state index is 13.6. The van der Waals surface area contributed by atoms with Crippen LogP contribution in [-0.2, 0) is 14.8 Å². The van der Waals surface area contributed by atoms with Gasteiger partial charge in [0.15, 0.2) is 11.6 Å². The molecule has 11 nitrogen and oxygen atoms in total. The van der Waals surface area contributed by atoms with Gasteiger partial charge in [0.2, 0.25) is 5.91 Å². The highest BCUT2D eigenvalue weighted by Crippen LogP contribution is 2.31. The summed E-state index contributed by atoms with van der Waals surface area (Å²) in [4.78, 5) is 23.7. The number of carbonyl (C=O) groups is 1. The number of methoxy groups -OCH3 is 1. The Morgan fingerprint density at radius 1 is 0.864 bits per heavy atom. The summed E-state index contributed by atoms with van der Waals surface area (Å²) >= 11 is 0. The van der Waals surface area contributed by atoms with Crippen molar-refractivity contribution in [1.29, 1.82) is 0 Å². The van der Waals surface area contributed by atoms with Gasteiger partial charge in [-0.05, 0) is 49.4 Å². The molecule has 0 bridgehead atoms. The lowest BCUT2D eigenvalue weighted by Gasteiger charge is -2.22. The van der Waals surface area contributed by atoms with Gasteiger partial charge in [-0.3, -0.25) is 9.52 Å². The van der Waals surface area contributed by atoms with E-state index in [0.29, 0.717) is 34.7 Å². The summed E-state index contributed by atoms with van der Waals surface area (Å²) in [6.45, 7) is 2.67. The minimum atomic E-state index is -4.18. The van der Waals surface area contributed by atoms with Gasteiger partial charge in [0.25, 0.3) is 10.0 Å². The Kier molecular flexibility index (Phi) is 9.86. The van der Waals surface area contributed by atoms with E-state index in [0.717, 1.165) is 5.69 Å². The number of aromatic nitrogens is 2. The van der Waals surface area contributed by atoms with Crippen LogP contribution in [0.2, 0.25) is 0 Å². The number of anilines is 5. The number of benzene rings is 4. The van der Waals surface area contributed by atoms with Crippen LogP contribution in [0.25, 0.3) is 11.0 Å². The third kappa shape index (κ3) is 7.53. The van der Waals surface area contributed by atoms with Gasteiger partial charge in [-0.25, -0.2) is 18.4 Å². The number of hydrogen-bond donors (Lipinski definition) is 4. The first-order valence-corrected chi connectivity index (χ1v) is 14.9. The van der Waals surface area contributed by atoms with Gasteiger partial charge in [-0.2, -0.15) is 0 Å². The molecule has 12 heteroatoms. The van der Waals surface area contributed by atoms with Crippen molar-refractivity contribution in [3.05, 3.63) is 97.1 Å². The van der Waals surface area contributed by atoms with Gasteiger partial charge < -0.3 is 25.4 Å². The highest BCUT2D eigenvalue weighted by molar-refractivity contribution is 7.92. The number of amides is 1. The molecule has 1 amide bonds. The number of carbonyl (C=O) groups excluding carboxylic acids is 1. The second kappa shape index (κ2) is 13.7. The summed E-state index contributed by atoms with van der Waals surface area (Å²) in [6.07, 6.45) is 0. The smallest absolute Gasteiger partial charge is 0.263 e. The van der Waals surface area contributed by atoms with Crippen molar-refractivity contribution in [2.24, 2.45) is 0 Å². The minimum Gasteiger partial charge on any atom is -0.508 e. The number of para-hydroxylation sites is 3. The number of nitrogens with one attached hydrogen (secondary N) is 3. The van der Waals surface area contributed by atoms with Gasteiger partial charge in [0.1, 0.15) is 11.5 Å². The summed E-state index contributed by atoms with van der Waals surface area (Å²) < 4.78 is 34.9. The van der Waals surface area contributed by atoms with E-state index in [9.17, 15) is 18.3 Å². The average molecular weight is 615 g/mol. The van der Waals surface area contributed by atoms with Crippen molar-refractivity contribution in [2.75, 3.05) is 40.5 Å². The topological polar surface area (TPSA) is 146 Å². The molecule has 5 aromatic rings. The molecule has 5 rings (SSSR count). The van der Waals surface area contributed by atoms with Crippen LogP contribution in [0.5, 0.6) is 11.5 Å². The van der Waals surface area contributed by atoms with Crippen LogP contribution < -0.4 is 25.0 Å². The zero-order valence-corrected chi connectivity index (χ0v) is 24.3. The molecular weight excluding hydrogens is 580 g/mol. The lowest BCUT2D eigenvalue weighted by Crippen LogP contribution is -2.33. The van der Waals surface area contributed by atoms with E-state index in [1.54, 1.807) is 42.5 Å². The number of ether oxygens (including phenoxy) is 1. The molecule has 0 fully saturated rings. The molecule has 0 aliphatic carbocycles. The van der Waals surface area contributed by atoms with Crippen molar-refractivity contribution >= 4 is 55.7 Å². The zero-order valence-electron chi connectivity index (χ0n) is 23.5. The summed E-state index contributed by atoms with van der Waals surface area (Å²) in [5.41, 5.74) is 2.64. The molecule has 0 saturated carbocycles. The number of fused-ring (bicyclic) bond motifs is 1. The third-order valence-electron chi connectivity index (χ3n) is 6.46. The Bertz CT molecular complexity index is 1870. The first kappa shape index (κ1) is 31.6. The van der Waals surface area contributed by atoms with E-state index >= 15 is 0 Å². The highest BCUT2D eigenvalue weighted by Gasteiger charge is 2.20. The molecule has 228 valence electrons. The Hall–Kier alpha value is -5.36. The molecule has 0 aliphatic rings. The molecule has 0 radical (unpaired) electrons. The molecule has 0 spiro atoms. The molecule has 0 unspecified atom stereocenters. The van der Waals surface area contributed by atoms with Gasteiger partial charge in [-0.15, -0.1) is 0 Å². The van der Waals surface area contributed by atoms with Gasteiger partial charge in [-0.1, -0.05) is 43.8 Å². The molecule has 0 saturated heterocycles. The van der Waals surface area contributed by atoms with Gasteiger partial charge in [0, 0.05) is 41.8 Å². The number of aromatic hydroxyl groups is 1. The van der Waals surface area contributed by atoms with E-state index in [1.165, 1.54) is 31.4 Å². The second-order valence-electron chi connectivity index (χ2n) is 9.49. The van der Waals surface area contributed by atoms with Crippen LogP contribution >= 0.6 is 0 Å².